The molecule has 1 aromatic heterocycles. The molecule has 2 aromatic rings. The van der Waals surface area contributed by atoms with Gasteiger partial charge in [0.2, 0.25) is 0 Å². The maximum absolute atomic E-state index is 13.3. The van der Waals surface area contributed by atoms with Crippen LogP contribution in [0.15, 0.2) is 30.7 Å². The van der Waals surface area contributed by atoms with E-state index < -0.39 is 5.82 Å². The molecule has 5 heteroatoms. The van der Waals surface area contributed by atoms with Gasteiger partial charge in [0.15, 0.2) is 6.29 Å². The lowest BCUT2D eigenvalue weighted by Crippen LogP contribution is -1.92. The van der Waals surface area contributed by atoms with Crippen LogP contribution >= 0.6 is 22.9 Å². The van der Waals surface area contributed by atoms with E-state index in [9.17, 15) is 9.18 Å². The minimum absolute atomic E-state index is 0.0487. The van der Waals surface area contributed by atoms with E-state index in [0.29, 0.717) is 17.5 Å². The van der Waals surface area contributed by atoms with Crippen LogP contribution in [0, 0.1) is 5.82 Å². The van der Waals surface area contributed by atoms with Gasteiger partial charge in [-0.25, -0.2) is 9.37 Å². The van der Waals surface area contributed by atoms with Crippen LogP contribution in [0.1, 0.15) is 10.4 Å². The van der Waals surface area contributed by atoms with E-state index in [1.54, 1.807) is 27.4 Å². The number of imidazole rings is 1. The van der Waals surface area contributed by atoms with E-state index in [1.807, 2.05) is 22.9 Å². The van der Waals surface area contributed by atoms with E-state index in [-0.39, 0.29) is 5.56 Å². The Morgan fingerprint density at radius 3 is 2.87 bits per heavy atom. The number of carbonyl (C=O) groups is 1. The van der Waals surface area contributed by atoms with Gasteiger partial charge >= 0.3 is 0 Å². The van der Waals surface area contributed by atoms with Crippen molar-refractivity contribution in [2.75, 3.05) is 0 Å². The molecule has 0 atom stereocenters. The number of aromatic nitrogens is 2. The van der Waals surface area contributed by atoms with Gasteiger partial charge in [-0.05, 0) is 6.07 Å². The van der Waals surface area contributed by atoms with Crippen LogP contribution in [-0.2, 0) is 0 Å². The number of nitrogens with zero attached hydrogens (tertiary/aromatic N) is 2. The van der Waals surface area contributed by atoms with Crippen LogP contribution in [0.4, 0.5) is 4.39 Å². The van der Waals surface area contributed by atoms with E-state index in [4.69, 9.17) is 0 Å². The molecule has 76 valence electrons. The third kappa shape index (κ3) is 1.92. The second kappa shape index (κ2) is 4.09. The highest BCUT2D eigenvalue weighted by atomic mass is 127. The molecule has 1 aromatic carbocycles. The summed E-state index contributed by atoms with van der Waals surface area (Å²) in [5.74, 6) is -0.523. The fraction of sp³-hybridized carbons (Fsp3) is 0. The number of rotatable bonds is 2. The lowest BCUT2D eigenvalue weighted by molar-refractivity contribution is 0.112. The summed E-state index contributed by atoms with van der Waals surface area (Å²) in [5.41, 5.74) is 1.15. The Kier molecular flexibility index (Phi) is 2.81. The Hall–Kier alpha value is -1.24. The monoisotopic (exact) mass is 316 g/mol. The average Bonchev–Trinajstić information content (AvgIpc) is 2.64. The van der Waals surface area contributed by atoms with Crippen molar-refractivity contribution in [1.82, 2.24) is 7.76 Å². The van der Waals surface area contributed by atoms with Crippen molar-refractivity contribution in [1.29, 1.82) is 0 Å². The summed E-state index contributed by atoms with van der Waals surface area (Å²) < 4.78 is 15.0. The first-order valence-electron chi connectivity index (χ1n) is 4.16. The van der Waals surface area contributed by atoms with Crippen molar-refractivity contribution in [2.24, 2.45) is 0 Å². The minimum atomic E-state index is -0.523. The number of carbonyl (C=O) groups excluding carboxylic acids is 1. The summed E-state index contributed by atoms with van der Waals surface area (Å²) in [6.07, 6.45) is 3.83. The van der Waals surface area contributed by atoms with Crippen molar-refractivity contribution in [3.05, 3.63) is 42.1 Å². The van der Waals surface area contributed by atoms with Gasteiger partial charge < -0.3 is 0 Å². The first-order chi connectivity index (χ1) is 7.22. The van der Waals surface area contributed by atoms with Gasteiger partial charge in [-0.2, -0.15) is 0 Å². The van der Waals surface area contributed by atoms with Crippen molar-refractivity contribution in [3.8, 4) is 11.3 Å². The second-order valence-corrected chi connectivity index (χ2v) is 4.04. The van der Waals surface area contributed by atoms with Crippen molar-refractivity contribution < 1.29 is 9.18 Å². The van der Waals surface area contributed by atoms with Crippen molar-refractivity contribution in [2.45, 2.75) is 0 Å². The highest BCUT2D eigenvalue weighted by molar-refractivity contribution is 14.1. The zero-order chi connectivity index (χ0) is 10.8. The van der Waals surface area contributed by atoms with Gasteiger partial charge in [0, 0.05) is 11.8 Å². The van der Waals surface area contributed by atoms with E-state index in [2.05, 4.69) is 4.98 Å². The van der Waals surface area contributed by atoms with Gasteiger partial charge in [-0.15, -0.1) is 0 Å². The summed E-state index contributed by atoms with van der Waals surface area (Å²) >= 11 is 2.03. The molecule has 0 aliphatic heterocycles. The molecule has 0 N–H and O–H groups in total. The van der Waals surface area contributed by atoms with Crippen LogP contribution in [0.5, 0.6) is 0 Å². The summed E-state index contributed by atoms with van der Waals surface area (Å²) in [6, 6.07) is 4.49. The number of aldehydes is 1. The van der Waals surface area contributed by atoms with E-state index >= 15 is 0 Å². The number of halogens is 2. The lowest BCUT2D eigenvalue weighted by atomic mass is 10.1. The average molecular weight is 316 g/mol. The molecule has 0 aliphatic carbocycles. The smallest absolute Gasteiger partial charge is 0.153 e. The van der Waals surface area contributed by atoms with Crippen LogP contribution in [-0.4, -0.2) is 14.1 Å². The van der Waals surface area contributed by atoms with E-state index in [1.165, 1.54) is 6.07 Å². The molecule has 3 nitrogen and oxygen atoms in total. The van der Waals surface area contributed by atoms with Crippen LogP contribution in [0.2, 0.25) is 0 Å². The summed E-state index contributed by atoms with van der Waals surface area (Å²) in [6.45, 7) is 0. The highest BCUT2D eigenvalue weighted by Gasteiger charge is 2.10. The molecule has 2 rings (SSSR count). The third-order valence-electron chi connectivity index (χ3n) is 2.00. The largest absolute Gasteiger partial charge is 0.298 e. The topological polar surface area (TPSA) is 34.9 Å². The maximum Gasteiger partial charge on any atom is 0.153 e. The third-order valence-corrected chi connectivity index (χ3v) is 2.53. The number of hydrogen-bond donors (Lipinski definition) is 0. The Morgan fingerprint density at radius 2 is 2.27 bits per heavy atom. The Balaban J connectivity index is 2.62. The van der Waals surface area contributed by atoms with Gasteiger partial charge in [0.1, 0.15) is 12.1 Å². The second-order valence-electron chi connectivity index (χ2n) is 2.92. The standard InChI is InChI=1S/C10H6FIN2O/c11-9-3-1-2-7(8(9)5-15)10-4-14(12)6-13-10/h1-6H. The quantitative estimate of drug-likeness (QED) is 0.631. The Morgan fingerprint density at radius 1 is 1.47 bits per heavy atom. The summed E-state index contributed by atoms with van der Waals surface area (Å²) in [4.78, 5) is 14.8. The van der Waals surface area contributed by atoms with Gasteiger partial charge in [0.25, 0.3) is 0 Å². The summed E-state index contributed by atoms with van der Waals surface area (Å²) in [5, 5.41) is 0. The first kappa shape index (κ1) is 10.3. The molecule has 0 saturated carbocycles. The molecule has 0 unspecified atom stereocenters. The minimum Gasteiger partial charge on any atom is -0.298 e. The fourth-order valence-corrected chi connectivity index (χ4v) is 1.71. The molecule has 1 heterocycles. The molecular weight excluding hydrogens is 310 g/mol. The zero-order valence-electron chi connectivity index (χ0n) is 7.52. The van der Waals surface area contributed by atoms with Crippen molar-refractivity contribution in [3.63, 3.8) is 0 Å². The van der Waals surface area contributed by atoms with Gasteiger partial charge in [-0.1, -0.05) is 12.1 Å². The van der Waals surface area contributed by atoms with E-state index in [0.717, 1.165) is 0 Å². The lowest BCUT2D eigenvalue weighted by Gasteiger charge is -2.01. The molecule has 0 spiro atoms. The Labute approximate surface area is 99.4 Å². The predicted octanol–water partition coefficient (Wildman–Crippen LogP) is 2.70. The fourth-order valence-electron chi connectivity index (χ4n) is 1.32. The molecule has 0 amide bonds. The molecule has 15 heavy (non-hydrogen) atoms. The summed E-state index contributed by atoms with van der Waals surface area (Å²) in [7, 11) is 0. The molecule has 0 aliphatic rings. The maximum atomic E-state index is 13.3. The molecule has 0 radical (unpaired) electrons. The molecule has 0 bridgehead atoms. The van der Waals surface area contributed by atoms with Gasteiger partial charge in [0.05, 0.1) is 34.1 Å². The number of hydrogen-bond acceptors (Lipinski definition) is 2. The molecule has 0 fully saturated rings. The SMILES string of the molecule is O=Cc1c(F)cccc1-c1cn(I)cn1. The molecular formula is C10H6FIN2O. The number of benzene rings is 1. The van der Waals surface area contributed by atoms with Crippen molar-refractivity contribution >= 4 is 29.2 Å². The van der Waals surface area contributed by atoms with Gasteiger partial charge in [-0.3, -0.25) is 7.58 Å². The predicted molar refractivity (Wildman–Crippen MR) is 62.4 cm³/mol. The first-order valence-corrected chi connectivity index (χ1v) is 5.13. The highest BCUT2D eigenvalue weighted by Crippen LogP contribution is 2.23. The zero-order valence-corrected chi connectivity index (χ0v) is 9.68. The van der Waals surface area contributed by atoms with Crippen LogP contribution in [0.25, 0.3) is 11.3 Å². The Bertz CT molecular complexity index is 510. The molecule has 0 saturated heterocycles. The van der Waals surface area contributed by atoms with Crippen LogP contribution < -0.4 is 0 Å². The normalized spacial score (nSPS) is 10.3. The van der Waals surface area contributed by atoms with Crippen LogP contribution in [0.3, 0.4) is 0 Å².